The van der Waals surface area contributed by atoms with E-state index in [1.54, 1.807) is 4.90 Å². The van der Waals surface area contributed by atoms with Gasteiger partial charge in [0.25, 0.3) is 5.91 Å². The molecule has 7 heteroatoms. The van der Waals surface area contributed by atoms with E-state index >= 15 is 0 Å². The van der Waals surface area contributed by atoms with Crippen molar-refractivity contribution in [2.75, 3.05) is 13.1 Å². The van der Waals surface area contributed by atoms with Crippen LogP contribution in [-0.4, -0.2) is 44.6 Å². The van der Waals surface area contributed by atoms with Crippen molar-refractivity contribution in [3.8, 4) is 0 Å². The smallest absolute Gasteiger partial charge is 0.303 e. The predicted molar refractivity (Wildman–Crippen MR) is 65.4 cm³/mol. The molecule has 2 rings (SSSR count). The molecule has 0 aromatic carbocycles. The number of carbonyl (C=O) groups is 2. The lowest BCUT2D eigenvalue weighted by Gasteiger charge is -2.31. The van der Waals surface area contributed by atoms with Crippen molar-refractivity contribution in [2.45, 2.75) is 25.7 Å². The van der Waals surface area contributed by atoms with Crippen LogP contribution >= 0.6 is 11.5 Å². The summed E-state index contributed by atoms with van der Waals surface area (Å²) < 4.78 is 3.68. The molecule has 1 amide bonds. The van der Waals surface area contributed by atoms with Crippen LogP contribution in [0.15, 0.2) is 6.20 Å². The SMILES string of the molecule is O=C(O)CCC1CCN(C(=O)c2cnns2)CC1. The van der Waals surface area contributed by atoms with Crippen molar-refractivity contribution in [3.63, 3.8) is 0 Å². The number of rotatable bonds is 4. The summed E-state index contributed by atoms with van der Waals surface area (Å²) in [5.74, 6) is -0.337. The minimum absolute atomic E-state index is 0.0123. The number of carboxylic acids is 1. The first-order valence-electron chi connectivity index (χ1n) is 5.95. The number of aliphatic carboxylic acids is 1. The zero-order valence-electron chi connectivity index (χ0n) is 9.91. The van der Waals surface area contributed by atoms with Gasteiger partial charge in [0, 0.05) is 19.5 Å². The third-order valence-electron chi connectivity index (χ3n) is 3.24. The summed E-state index contributed by atoms with van der Waals surface area (Å²) in [6.07, 6.45) is 4.18. The Morgan fingerprint density at radius 2 is 2.17 bits per heavy atom. The molecular weight excluding hydrogens is 254 g/mol. The Morgan fingerprint density at radius 1 is 1.44 bits per heavy atom. The van der Waals surface area contributed by atoms with Gasteiger partial charge in [-0.2, -0.15) is 0 Å². The van der Waals surface area contributed by atoms with Crippen LogP contribution in [0, 0.1) is 5.92 Å². The van der Waals surface area contributed by atoms with Crippen molar-refractivity contribution in [3.05, 3.63) is 11.1 Å². The van der Waals surface area contributed by atoms with Gasteiger partial charge in [-0.25, -0.2) is 0 Å². The van der Waals surface area contributed by atoms with E-state index in [1.165, 1.54) is 6.20 Å². The van der Waals surface area contributed by atoms with Crippen molar-refractivity contribution in [2.24, 2.45) is 5.92 Å². The van der Waals surface area contributed by atoms with Crippen LogP contribution < -0.4 is 0 Å². The van der Waals surface area contributed by atoms with Crippen LogP contribution in [0.3, 0.4) is 0 Å². The number of carbonyl (C=O) groups excluding carboxylic acids is 1. The van der Waals surface area contributed by atoms with E-state index in [-0.39, 0.29) is 12.3 Å². The normalized spacial score (nSPS) is 16.8. The third-order valence-corrected chi connectivity index (χ3v) is 3.89. The molecule has 1 aromatic heterocycles. The molecule has 0 unspecified atom stereocenters. The van der Waals surface area contributed by atoms with E-state index in [2.05, 4.69) is 9.59 Å². The van der Waals surface area contributed by atoms with E-state index in [0.29, 0.717) is 30.3 Å². The molecule has 6 nitrogen and oxygen atoms in total. The molecule has 0 radical (unpaired) electrons. The summed E-state index contributed by atoms with van der Waals surface area (Å²) in [5.41, 5.74) is 0. The van der Waals surface area contributed by atoms with E-state index in [1.807, 2.05) is 0 Å². The Labute approximate surface area is 109 Å². The molecule has 1 saturated heterocycles. The van der Waals surface area contributed by atoms with Crippen LogP contribution in [0.2, 0.25) is 0 Å². The maximum absolute atomic E-state index is 12.0. The molecule has 2 heterocycles. The van der Waals surface area contributed by atoms with Crippen molar-refractivity contribution < 1.29 is 14.7 Å². The lowest BCUT2D eigenvalue weighted by atomic mass is 9.92. The first-order chi connectivity index (χ1) is 8.66. The second kappa shape index (κ2) is 5.90. The molecule has 1 aliphatic rings. The van der Waals surface area contributed by atoms with Gasteiger partial charge in [-0.05, 0) is 36.7 Å². The van der Waals surface area contributed by atoms with Crippen LogP contribution in [-0.2, 0) is 4.79 Å². The van der Waals surface area contributed by atoms with Crippen LogP contribution in [0.25, 0.3) is 0 Å². The summed E-state index contributed by atoms with van der Waals surface area (Å²) in [6.45, 7) is 1.39. The molecule has 18 heavy (non-hydrogen) atoms. The highest BCUT2D eigenvalue weighted by Crippen LogP contribution is 2.23. The Morgan fingerprint density at radius 3 is 2.72 bits per heavy atom. The number of aromatic nitrogens is 2. The van der Waals surface area contributed by atoms with Crippen LogP contribution in [0.4, 0.5) is 0 Å². The van der Waals surface area contributed by atoms with E-state index in [9.17, 15) is 9.59 Å². The topological polar surface area (TPSA) is 83.4 Å². The lowest BCUT2D eigenvalue weighted by Crippen LogP contribution is -2.38. The number of amides is 1. The van der Waals surface area contributed by atoms with Gasteiger partial charge in [-0.15, -0.1) is 5.10 Å². The largest absolute Gasteiger partial charge is 0.481 e. The summed E-state index contributed by atoms with van der Waals surface area (Å²) in [7, 11) is 0. The van der Waals surface area contributed by atoms with Gasteiger partial charge in [0.1, 0.15) is 4.88 Å². The fraction of sp³-hybridized carbons (Fsp3) is 0.636. The molecule has 1 aromatic rings. The number of hydrogen-bond acceptors (Lipinski definition) is 5. The molecule has 1 N–H and O–H groups in total. The number of hydrogen-bond donors (Lipinski definition) is 1. The van der Waals surface area contributed by atoms with E-state index in [4.69, 9.17) is 5.11 Å². The van der Waals surface area contributed by atoms with Gasteiger partial charge in [0.2, 0.25) is 0 Å². The van der Waals surface area contributed by atoms with Gasteiger partial charge in [-0.3, -0.25) is 9.59 Å². The zero-order valence-corrected chi connectivity index (χ0v) is 10.7. The Bertz CT molecular complexity index is 413. The van der Waals surface area contributed by atoms with Crippen molar-refractivity contribution in [1.29, 1.82) is 0 Å². The van der Waals surface area contributed by atoms with Gasteiger partial charge in [0.05, 0.1) is 6.20 Å². The molecule has 0 bridgehead atoms. The predicted octanol–water partition coefficient (Wildman–Crippen LogP) is 1.26. The lowest BCUT2D eigenvalue weighted by molar-refractivity contribution is -0.137. The molecule has 0 aliphatic carbocycles. The van der Waals surface area contributed by atoms with E-state index in [0.717, 1.165) is 24.4 Å². The van der Waals surface area contributed by atoms with Crippen LogP contribution in [0.5, 0.6) is 0 Å². The number of likely N-dealkylation sites (tertiary alicyclic amines) is 1. The van der Waals surface area contributed by atoms with Gasteiger partial charge >= 0.3 is 5.97 Å². The van der Waals surface area contributed by atoms with Crippen molar-refractivity contribution >= 4 is 23.4 Å². The molecule has 1 aliphatic heterocycles. The maximum atomic E-state index is 12.0. The van der Waals surface area contributed by atoms with Crippen LogP contribution in [0.1, 0.15) is 35.4 Å². The number of carboxylic acid groups (broad SMARTS) is 1. The molecule has 0 saturated carbocycles. The molecule has 98 valence electrons. The average molecular weight is 269 g/mol. The average Bonchev–Trinajstić information content (AvgIpc) is 2.90. The minimum atomic E-state index is -0.746. The molecule has 0 spiro atoms. The standard InChI is InChI=1S/C11H15N3O3S/c15-10(16)2-1-8-3-5-14(6-4-8)11(17)9-7-12-13-18-9/h7-8H,1-6H2,(H,15,16). The summed E-state index contributed by atoms with van der Waals surface area (Å²) >= 11 is 1.11. The van der Waals surface area contributed by atoms with Crippen molar-refractivity contribution in [1.82, 2.24) is 14.5 Å². The maximum Gasteiger partial charge on any atom is 0.303 e. The summed E-state index contributed by atoms with van der Waals surface area (Å²) in [5, 5.41) is 12.3. The highest BCUT2D eigenvalue weighted by atomic mass is 32.1. The molecule has 1 fully saturated rings. The Hall–Kier alpha value is -1.50. The second-order valence-corrected chi connectivity index (χ2v) is 5.24. The third kappa shape index (κ3) is 3.25. The Kier molecular flexibility index (Phi) is 4.24. The van der Waals surface area contributed by atoms with E-state index < -0.39 is 5.97 Å². The zero-order chi connectivity index (χ0) is 13.0. The van der Waals surface area contributed by atoms with Gasteiger partial charge < -0.3 is 10.0 Å². The second-order valence-electron chi connectivity index (χ2n) is 4.45. The highest BCUT2D eigenvalue weighted by Gasteiger charge is 2.24. The molecule has 0 atom stereocenters. The Balaban J connectivity index is 1.80. The first kappa shape index (κ1) is 12.9. The fourth-order valence-electron chi connectivity index (χ4n) is 2.17. The first-order valence-corrected chi connectivity index (χ1v) is 6.72. The quantitative estimate of drug-likeness (QED) is 0.889. The highest BCUT2D eigenvalue weighted by molar-refractivity contribution is 7.07. The fourth-order valence-corrected chi connectivity index (χ4v) is 2.65. The monoisotopic (exact) mass is 269 g/mol. The van der Waals surface area contributed by atoms with Gasteiger partial charge in [0.15, 0.2) is 0 Å². The summed E-state index contributed by atoms with van der Waals surface area (Å²) in [4.78, 5) is 24.9. The number of piperidine rings is 1. The number of nitrogens with zero attached hydrogens (tertiary/aromatic N) is 3. The minimum Gasteiger partial charge on any atom is -0.481 e. The van der Waals surface area contributed by atoms with Gasteiger partial charge in [-0.1, -0.05) is 4.49 Å². The molecular formula is C11H15N3O3S. The summed E-state index contributed by atoms with van der Waals surface area (Å²) in [6, 6.07) is 0.